The molecule has 18 heavy (non-hydrogen) atoms. The zero-order valence-corrected chi connectivity index (χ0v) is 10.8. The Balaban J connectivity index is 1.98. The summed E-state index contributed by atoms with van der Waals surface area (Å²) in [5.74, 6) is -0.234. The molecule has 1 aliphatic carbocycles. The first-order chi connectivity index (χ1) is 8.61. The monoisotopic (exact) mass is 246 g/mol. The minimum Gasteiger partial charge on any atom is -0.324 e. The van der Waals surface area contributed by atoms with Crippen LogP contribution in [0.1, 0.15) is 24.5 Å². The molecule has 0 saturated heterocycles. The van der Waals surface area contributed by atoms with E-state index in [1.54, 1.807) is 18.9 Å². The molecule has 96 valence electrons. The fourth-order valence-corrected chi connectivity index (χ4v) is 2.27. The number of nitrogens with zero attached hydrogens (tertiary/aromatic N) is 1. The Kier molecular flexibility index (Phi) is 3.65. The van der Waals surface area contributed by atoms with Gasteiger partial charge in [-0.25, -0.2) is 4.79 Å². The highest BCUT2D eigenvalue weighted by Crippen LogP contribution is 2.24. The van der Waals surface area contributed by atoms with Crippen molar-refractivity contribution in [2.45, 2.75) is 32.2 Å². The predicted octanol–water partition coefficient (Wildman–Crippen LogP) is 1.73. The van der Waals surface area contributed by atoms with Crippen LogP contribution in [-0.4, -0.2) is 29.9 Å². The maximum Gasteiger partial charge on any atom is 0.324 e. The van der Waals surface area contributed by atoms with E-state index >= 15 is 0 Å². The molecule has 3 amide bonds. The largest absolute Gasteiger partial charge is 0.324 e. The van der Waals surface area contributed by atoms with E-state index in [-0.39, 0.29) is 18.0 Å². The molecule has 0 bridgehead atoms. The Bertz CT molecular complexity index is 446. The average molecular weight is 246 g/mol. The number of likely N-dealkylation sites (N-methyl/N-ethyl adjacent to an activating group) is 1. The van der Waals surface area contributed by atoms with Gasteiger partial charge >= 0.3 is 6.03 Å². The number of hydrogen-bond acceptors (Lipinski definition) is 2. The van der Waals surface area contributed by atoms with Gasteiger partial charge in [0.1, 0.15) is 0 Å². The first-order valence-corrected chi connectivity index (χ1v) is 6.25. The van der Waals surface area contributed by atoms with Crippen LogP contribution in [0.5, 0.6) is 0 Å². The number of fused-ring (bicyclic) bond motifs is 1. The third-order valence-corrected chi connectivity index (χ3v) is 3.46. The first-order valence-electron chi connectivity index (χ1n) is 6.25. The maximum atomic E-state index is 11.8. The van der Waals surface area contributed by atoms with Gasteiger partial charge in [0.15, 0.2) is 0 Å². The van der Waals surface area contributed by atoms with Crippen LogP contribution in [0.25, 0.3) is 0 Å². The second-order valence-electron chi connectivity index (χ2n) is 4.65. The topological polar surface area (TPSA) is 49.4 Å². The summed E-state index contributed by atoms with van der Waals surface area (Å²) in [4.78, 5) is 24.7. The number of carbonyl (C=O) groups excluding carboxylic acids is 2. The molecule has 1 N–H and O–H groups in total. The Morgan fingerprint density at radius 2 is 1.83 bits per heavy atom. The molecule has 0 aromatic heterocycles. The van der Waals surface area contributed by atoms with E-state index < -0.39 is 0 Å². The van der Waals surface area contributed by atoms with Crippen molar-refractivity contribution in [2.24, 2.45) is 0 Å². The van der Waals surface area contributed by atoms with Crippen molar-refractivity contribution in [3.63, 3.8) is 0 Å². The van der Waals surface area contributed by atoms with Gasteiger partial charge in [-0.2, -0.15) is 0 Å². The maximum absolute atomic E-state index is 11.8. The molecule has 4 heteroatoms. The standard InChI is InChI=1S/C14H18N2O2/c1-3-13(17)15-14(18)16(2)12-8-10-6-4-5-7-11(10)9-12/h4-7,12H,3,8-9H2,1-2H3,(H,15,17,18). The molecule has 0 saturated carbocycles. The molecule has 4 nitrogen and oxygen atoms in total. The minimum absolute atomic E-state index is 0.145. The lowest BCUT2D eigenvalue weighted by molar-refractivity contribution is -0.119. The lowest BCUT2D eigenvalue weighted by Crippen LogP contribution is -2.46. The molecule has 1 aliphatic rings. The lowest BCUT2D eigenvalue weighted by Gasteiger charge is -2.24. The summed E-state index contributed by atoms with van der Waals surface area (Å²) in [6.45, 7) is 1.73. The fourth-order valence-electron chi connectivity index (χ4n) is 2.27. The average Bonchev–Trinajstić information content (AvgIpc) is 2.81. The summed E-state index contributed by atoms with van der Waals surface area (Å²) >= 11 is 0. The summed E-state index contributed by atoms with van der Waals surface area (Å²) in [6, 6.07) is 8.06. The smallest absolute Gasteiger partial charge is 0.324 e. The van der Waals surface area contributed by atoms with Gasteiger partial charge in [-0.3, -0.25) is 10.1 Å². The summed E-state index contributed by atoms with van der Waals surface area (Å²) in [5, 5.41) is 2.38. The second-order valence-corrected chi connectivity index (χ2v) is 4.65. The van der Waals surface area contributed by atoms with Crippen LogP contribution >= 0.6 is 0 Å². The normalized spacial score (nSPS) is 14.1. The van der Waals surface area contributed by atoms with Gasteiger partial charge in [-0.05, 0) is 24.0 Å². The second kappa shape index (κ2) is 5.21. The first kappa shape index (κ1) is 12.6. The third-order valence-electron chi connectivity index (χ3n) is 3.46. The number of nitrogens with one attached hydrogen (secondary N) is 1. The Hall–Kier alpha value is -1.84. The van der Waals surface area contributed by atoms with Gasteiger partial charge in [0.05, 0.1) is 0 Å². The molecule has 2 rings (SSSR count). The lowest BCUT2D eigenvalue weighted by atomic mass is 10.1. The molecule has 0 unspecified atom stereocenters. The Morgan fingerprint density at radius 3 is 2.33 bits per heavy atom. The van der Waals surface area contributed by atoms with Gasteiger partial charge in [-0.15, -0.1) is 0 Å². The van der Waals surface area contributed by atoms with E-state index in [2.05, 4.69) is 17.4 Å². The van der Waals surface area contributed by atoms with Crippen LogP contribution in [0.2, 0.25) is 0 Å². The van der Waals surface area contributed by atoms with Crippen molar-refractivity contribution < 1.29 is 9.59 Å². The van der Waals surface area contributed by atoms with Crippen LogP contribution in [0.3, 0.4) is 0 Å². The van der Waals surface area contributed by atoms with E-state index in [1.807, 2.05) is 12.1 Å². The Labute approximate surface area is 107 Å². The highest BCUT2D eigenvalue weighted by Gasteiger charge is 2.27. The quantitative estimate of drug-likeness (QED) is 0.864. The number of imide groups is 1. The van der Waals surface area contributed by atoms with Gasteiger partial charge < -0.3 is 4.90 Å². The highest BCUT2D eigenvalue weighted by molar-refractivity contribution is 5.94. The molecular formula is C14H18N2O2. The SMILES string of the molecule is CCC(=O)NC(=O)N(C)C1Cc2ccccc2C1. The van der Waals surface area contributed by atoms with Crippen molar-refractivity contribution in [2.75, 3.05) is 7.05 Å². The number of benzene rings is 1. The van der Waals surface area contributed by atoms with Crippen molar-refractivity contribution in [3.8, 4) is 0 Å². The van der Waals surface area contributed by atoms with Crippen molar-refractivity contribution in [1.82, 2.24) is 10.2 Å². The van der Waals surface area contributed by atoms with E-state index in [1.165, 1.54) is 11.1 Å². The number of urea groups is 1. The number of rotatable bonds is 2. The minimum atomic E-state index is -0.306. The zero-order valence-electron chi connectivity index (χ0n) is 10.8. The number of hydrogen-bond donors (Lipinski definition) is 1. The van der Waals surface area contributed by atoms with Gasteiger partial charge in [-0.1, -0.05) is 31.2 Å². The van der Waals surface area contributed by atoms with Crippen LogP contribution in [0.15, 0.2) is 24.3 Å². The molecule has 0 radical (unpaired) electrons. The third kappa shape index (κ3) is 2.53. The number of carbonyl (C=O) groups is 2. The summed E-state index contributed by atoms with van der Waals surface area (Å²) in [7, 11) is 1.74. The van der Waals surface area contributed by atoms with Gasteiger partial charge in [0, 0.05) is 19.5 Å². The molecule has 1 aromatic carbocycles. The van der Waals surface area contributed by atoms with Crippen LogP contribution in [-0.2, 0) is 17.6 Å². The van der Waals surface area contributed by atoms with Crippen molar-refractivity contribution >= 4 is 11.9 Å². The highest BCUT2D eigenvalue weighted by atomic mass is 16.2. The molecule has 0 heterocycles. The van der Waals surface area contributed by atoms with E-state index in [4.69, 9.17) is 0 Å². The van der Waals surface area contributed by atoms with Gasteiger partial charge in [0.25, 0.3) is 0 Å². The molecular weight excluding hydrogens is 228 g/mol. The summed E-state index contributed by atoms with van der Waals surface area (Å²) in [6.07, 6.45) is 2.05. The van der Waals surface area contributed by atoms with E-state index in [0.717, 1.165) is 12.8 Å². The Morgan fingerprint density at radius 1 is 1.28 bits per heavy atom. The fraction of sp³-hybridized carbons (Fsp3) is 0.429. The zero-order chi connectivity index (χ0) is 13.1. The van der Waals surface area contributed by atoms with Crippen molar-refractivity contribution in [1.29, 1.82) is 0 Å². The molecule has 0 aliphatic heterocycles. The summed E-state index contributed by atoms with van der Waals surface area (Å²) in [5.41, 5.74) is 2.59. The molecule has 0 spiro atoms. The van der Waals surface area contributed by atoms with E-state index in [0.29, 0.717) is 6.42 Å². The molecule has 0 atom stereocenters. The van der Waals surface area contributed by atoms with Gasteiger partial charge in [0.2, 0.25) is 5.91 Å². The van der Waals surface area contributed by atoms with Crippen LogP contribution in [0.4, 0.5) is 4.79 Å². The van der Waals surface area contributed by atoms with Crippen molar-refractivity contribution in [3.05, 3.63) is 35.4 Å². The van der Waals surface area contributed by atoms with Crippen LogP contribution < -0.4 is 5.32 Å². The predicted molar refractivity (Wildman–Crippen MR) is 69.2 cm³/mol. The van der Waals surface area contributed by atoms with Crippen LogP contribution in [0, 0.1) is 0 Å². The number of amides is 3. The molecule has 1 aromatic rings. The molecule has 0 fully saturated rings. The van der Waals surface area contributed by atoms with E-state index in [9.17, 15) is 9.59 Å². The summed E-state index contributed by atoms with van der Waals surface area (Å²) < 4.78 is 0.